The Kier molecular flexibility index (Phi) is 6.79. The molecule has 4 rings (SSSR count). The van der Waals surface area contributed by atoms with E-state index in [1.165, 1.54) is 17.0 Å². The average Bonchev–Trinajstić information content (AvgIpc) is 3.28. The molecule has 0 spiro atoms. The number of anilines is 1. The molecule has 0 saturated carbocycles. The number of amides is 2. The first kappa shape index (κ1) is 24.6. The highest BCUT2D eigenvalue weighted by Gasteiger charge is 2.48. The molecule has 13 heteroatoms. The topological polar surface area (TPSA) is 66.4 Å². The summed E-state index contributed by atoms with van der Waals surface area (Å²) in [5, 5.41) is 6.62. The van der Waals surface area contributed by atoms with Crippen LogP contribution < -0.4 is 4.90 Å². The van der Waals surface area contributed by atoms with Crippen LogP contribution >= 0.6 is 11.3 Å². The second kappa shape index (κ2) is 9.64. The highest BCUT2D eigenvalue weighted by Crippen LogP contribution is 2.32. The maximum absolute atomic E-state index is 14.9. The van der Waals surface area contributed by atoms with Crippen molar-refractivity contribution in [2.24, 2.45) is 5.92 Å². The molecule has 1 aliphatic rings. The van der Waals surface area contributed by atoms with Gasteiger partial charge in [0.1, 0.15) is 10.8 Å². The van der Waals surface area contributed by atoms with Crippen molar-refractivity contribution < 1.29 is 35.9 Å². The number of para-hydroxylation sites is 1. The molecule has 0 aliphatic carbocycles. The van der Waals surface area contributed by atoms with Crippen molar-refractivity contribution in [1.82, 2.24) is 15.1 Å². The van der Waals surface area contributed by atoms with E-state index in [0.29, 0.717) is 21.9 Å². The van der Waals surface area contributed by atoms with Gasteiger partial charge < -0.3 is 9.80 Å². The van der Waals surface area contributed by atoms with Crippen molar-refractivity contribution in [3.05, 3.63) is 64.9 Å². The van der Waals surface area contributed by atoms with Crippen LogP contribution in [0.15, 0.2) is 48.5 Å². The lowest BCUT2D eigenvalue weighted by atomic mass is 9.97. The molecule has 0 radical (unpaired) electrons. The summed E-state index contributed by atoms with van der Waals surface area (Å²) in [6.45, 7) is -1.03. The van der Waals surface area contributed by atoms with Gasteiger partial charge in [0, 0.05) is 29.9 Å². The van der Waals surface area contributed by atoms with Gasteiger partial charge in [0.15, 0.2) is 5.01 Å². The van der Waals surface area contributed by atoms with Crippen LogP contribution in [0, 0.1) is 11.7 Å². The van der Waals surface area contributed by atoms with Crippen LogP contribution in [0.5, 0.6) is 0 Å². The van der Waals surface area contributed by atoms with E-state index >= 15 is 0 Å². The molecule has 1 aromatic heterocycles. The van der Waals surface area contributed by atoms with E-state index in [2.05, 4.69) is 10.2 Å². The van der Waals surface area contributed by atoms with E-state index in [0.717, 1.165) is 6.07 Å². The Labute approximate surface area is 198 Å². The van der Waals surface area contributed by atoms with Crippen LogP contribution in [0.2, 0.25) is 0 Å². The SMILES string of the molecule is O=C(C1CN(C(=O)C(F)(F)F)C1)N(Cc1ccc(-c2nnc(C(F)F)s2)cc1F)c1ccccc1. The molecular weight excluding hydrogens is 498 g/mol. The number of rotatable bonds is 6. The van der Waals surface area contributed by atoms with E-state index in [4.69, 9.17) is 0 Å². The number of likely N-dealkylation sites (tertiary alicyclic amines) is 1. The van der Waals surface area contributed by atoms with Crippen molar-refractivity contribution in [2.75, 3.05) is 18.0 Å². The van der Waals surface area contributed by atoms with Crippen LogP contribution in [0.25, 0.3) is 10.6 Å². The van der Waals surface area contributed by atoms with Crippen molar-refractivity contribution in [3.63, 3.8) is 0 Å². The van der Waals surface area contributed by atoms with E-state index in [1.807, 2.05) is 0 Å². The fourth-order valence-electron chi connectivity index (χ4n) is 3.52. The Morgan fingerprint density at radius 1 is 1.09 bits per heavy atom. The highest BCUT2D eigenvalue weighted by atomic mass is 32.1. The Morgan fingerprint density at radius 2 is 1.77 bits per heavy atom. The highest BCUT2D eigenvalue weighted by molar-refractivity contribution is 7.14. The number of carbonyl (C=O) groups excluding carboxylic acids is 2. The molecule has 2 heterocycles. The molecule has 6 nitrogen and oxygen atoms in total. The standard InChI is InChI=1S/C22H16F6N4O2S/c23-16-8-12(18-29-30-19(35-18)17(24)25)6-7-13(16)11-32(15-4-2-1-3-5-15)20(33)14-9-31(10-14)21(34)22(26,27)28/h1-8,14,17H,9-11H2. The lowest BCUT2D eigenvalue weighted by Crippen LogP contribution is -2.59. The zero-order chi connectivity index (χ0) is 25.3. The Balaban J connectivity index is 1.54. The van der Waals surface area contributed by atoms with Gasteiger partial charge in [-0.25, -0.2) is 13.2 Å². The van der Waals surface area contributed by atoms with Crippen molar-refractivity contribution in [3.8, 4) is 10.6 Å². The van der Waals surface area contributed by atoms with Crippen LogP contribution in [-0.4, -0.2) is 46.2 Å². The van der Waals surface area contributed by atoms with Gasteiger partial charge in [0.25, 0.3) is 6.43 Å². The van der Waals surface area contributed by atoms with Gasteiger partial charge in [0.05, 0.1) is 12.5 Å². The number of carbonyl (C=O) groups is 2. The molecule has 0 atom stereocenters. The maximum atomic E-state index is 14.9. The first-order valence-corrected chi connectivity index (χ1v) is 11.0. The van der Waals surface area contributed by atoms with Crippen molar-refractivity contribution >= 4 is 28.8 Å². The summed E-state index contributed by atoms with van der Waals surface area (Å²) in [4.78, 5) is 26.2. The molecule has 184 valence electrons. The fourth-order valence-corrected chi connectivity index (χ4v) is 4.22. The Morgan fingerprint density at radius 3 is 2.34 bits per heavy atom. The Hall–Kier alpha value is -3.48. The van der Waals surface area contributed by atoms with Crippen molar-refractivity contribution in [2.45, 2.75) is 19.1 Å². The number of hydrogen-bond donors (Lipinski definition) is 0. The quantitative estimate of drug-likeness (QED) is 0.442. The molecule has 0 N–H and O–H groups in total. The monoisotopic (exact) mass is 514 g/mol. The number of aromatic nitrogens is 2. The van der Waals surface area contributed by atoms with Crippen LogP contribution in [0.4, 0.5) is 32.0 Å². The summed E-state index contributed by atoms with van der Waals surface area (Å²) in [6.07, 6.45) is -7.83. The molecule has 2 amide bonds. The van der Waals surface area contributed by atoms with E-state index in [1.54, 1.807) is 30.3 Å². The first-order valence-electron chi connectivity index (χ1n) is 10.2. The lowest BCUT2D eigenvalue weighted by molar-refractivity contribution is -0.191. The summed E-state index contributed by atoms with van der Waals surface area (Å²) in [6, 6.07) is 12.1. The van der Waals surface area contributed by atoms with E-state index in [9.17, 15) is 35.9 Å². The van der Waals surface area contributed by atoms with Crippen LogP contribution in [0.1, 0.15) is 17.0 Å². The minimum atomic E-state index is -5.03. The first-order chi connectivity index (χ1) is 16.5. The minimum absolute atomic E-state index is 0.0899. The predicted molar refractivity (Wildman–Crippen MR) is 114 cm³/mol. The number of halogens is 6. The van der Waals surface area contributed by atoms with Gasteiger partial charge in [0.2, 0.25) is 5.91 Å². The predicted octanol–water partition coefficient (Wildman–Crippen LogP) is 4.84. The summed E-state index contributed by atoms with van der Waals surface area (Å²) in [5.41, 5.74) is 0.716. The molecular formula is C22H16F6N4O2S. The zero-order valence-electron chi connectivity index (χ0n) is 17.7. The second-order valence-corrected chi connectivity index (χ2v) is 8.73. The molecule has 35 heavy (non-hydrogen) atoms. The lowest BCUT2D eigenvalue weighted by Gasteiger charge is -2.40. The molecule has 3 aromatic rings. The summed E-state index contributed by atoms with van der Waals surface area (Å²) >= 11 is 0.627. The van der Waals surface area contributed by atoms with Gasteiger partial charge in [-0.2, -0.15) is 13.2 Å². The number of alkyl halides is 5. The van der Waals surface area contributed by atoms with E-state index < -0.39 is 54.2 Å². The molecule has 2 aromatic carbocycles. The van der Waals surface area contributed by atoms with Gasteiger partial charge in [-0.05, 0) is 18.2 Å². The third-order valence-electron chi connectivity index (χ3n) is 5.35. The third kappa shape index (κ3) is 5.29. The smallest absolute Gasteiger partial charge is 0.333 e. The Bertz CT molecular complexity index is 1230. The fraction of sp³-hybridized carbons (Fsp3) is 0.273. The van der Waals surface area contributed by atoms with Gasteiger partial charge in [-0.3, -0.25) is 9.59 Å². The molecule has 1 aliphatic heterocycles. The van der Waals surface area contributed by atoms with Crippen molar-refractivity contribution in [1.29, 1.82) is 0 Å². The number of hydrogen-bond acceptors (Lipinski definition) is 5. The second-order valence-electron chi connectivity index (χ2n) is 7.72. The molecule has 1 saturated heterocycles. The minimum Gasteiger partial charge on any atom is -0.333 e. The maximum Gasteiger partial charge on any atom is 0.471 e. The summed E-state index contributed by atoms with van der Waals surface area (Å²) in [5.74, 6) is -4.18. The molecule has 0 bridgehead atoms. The van der Waals surface area contributed by atoms with Gasteiger partial charge in [-0.15, -0.1) is 10.2 Å². The zero-order valence-corrected chi connectivity index (χ0v) is 18.5. The molecule has 0 unspecified atom stereocenters. The van der Waals surface area contributed by atoms with Gasteiger partial charge >= 0.3 is 12.1 Å². The number of nitrogens with zero attached hydrogens (tertiary/aromatic N) is 4. The normalized spacial score (nSPS) is 14.2. The van der Waals surface area contributed by atoms with Gasteiger partial charge in [-0.1, -0.05) is 41.7 Å². The summed E-state index contributed by atoms with van der Waals surface area (Å²) < 4.78 is 78.3. The van der Waals surface area contributed by atoms with Crippen LogP contribution in [-0.2, 0) is 16.1 Å². The van der Waals surface area contributed by atoms with E-state index in [-0.39, 0.29) is 22.7 Å². The molecule has 1 fully saturated rings. The van der Waals surface area contributed by atoms with Crippen LogP contribution in [0.3, 0.4) is 0 Å². The average molecular weight is 514 g/mol. The third-order valence-corrected chi connectivity index (χ3v) is 6.33. The largest absolute Gasteiger partial charge is 0.471 e. The number of benzene rings is 2. The summed E-state index contributed by atoms with van der Waals surface area (Å²) in [7, 11) is 0.